The minimum atomic E-state index is -1.23. The van der Waals surface area contributed by atoms with Gasteiger partial charge in [0.05, 0.1) is 11.9 Å². The Balaban J connectivity index is 2.88. The van der Waals surface area contributed by atoms with Crippen LogP contribution in [0.3, 0.4) is 0 Å². The first-order valence-corrected chi connectivity index (χ1v) is 11.1. The van der Waals surface area contributed by atoms with Crippen molar-refractivity contribution in [2.45, 2.75) is 104 Å². The molecule has 0 N–H and O–H groups in total. The Morgan fingerprint density at radius 2 is 0.929 bits per heavy atom. The summed E-state index contributed by atoms with van der Waals surface area (Å²) in [7, 11) is 0. The lowest BCUT2D eigenvalue weighted by atomic mass is 9.88. The molecule has 158 valence electrons. The van der Waals surface area contributed by atoms with Gasteiger partial charge >= 0.3 is 0 Å². The number of benzene rings is 1. The molecule has 0 aliphatic heterocycles. The van der Waals surface area contributed by atoms with Gasteiger partial charge in [-0.25, -0.2) is 0 Å². The van der Waals surface area contributed by atoms with Crippen molar-refractivity contribution in [2.75, 3.05) is 0 Å². The molecule has 0 fully saturated rings. The van der Waals surface area contributed by atoms with Crippen molar-refractivity contribution in [3.63, 3.8) is 0 Å². The normalized spacial score (nSPS) is 10.9. The molecular weight excluding hydrogens is 352 g/mol. The molecule has 4 nitrogen and oxygen atoms in total. The van der Waals surface area contributed by atoms with Crippen LogP contribution in [0.2, 0.25) is 0 Å². The van der Waals surface area contributed by atoms with E-state index in [1.54, 1.807) is 0 Å². The highest BCUT2D eigenvalue weighted by Crippen LogP contribution is 2.24. The lowest BCUT2D eigenvalue weighted by Gasteiger charge is -2.20. The second kappa shape index (κ2) is 14.2. The van der Waals surface area contributed by atoms with E-state index in [4.69, 9.17) is 0 Å². The van der Waals surface area contributed by atoms with E-state index in [2.05, 4.69) is 13.8 Å². The molecule has 1 aromatic rings. The van der Waals surface area contributed by atoms with Gasteiger partial charge in [-0.2, -0.15) is 0 Å². The maximum atomic E-state index is 11.6. The van der Waals surface area contributed by atoms with Gasteiger partial charge in [-0.15, -0.1) is 0 Å². The molecule has 0 spiro atoms. The number of carbonyl (C=O) groups excluding carboxylic acids is 2. The minimum Gasteiger partial charge on any atom is -0.545 e. The number of carboxylic acids is 2. The molecule has 0 atom stereocenters. The number of rotatable bonds is 16. The number of hydrogen-bond acceptors (Lipinski definition) is 4. The Morgan fingerprint density at radius 1 is 0.607 bits per heavy atom. The molecule has 0 bridgehead atoms. The van der Waals surface area contributed by atoms with Crippen LogP contribution < -0.4 is 10.2 Å². The zero-order chi connectivity index (χ0) is 20.8. The van der Waals surface area contributed by atoms with Crippen LogP contribution in [0, 0.1) is 0 Å². The van der Waals surface area contributed by atoms with Crippen LogP contribution in [0.4, 0.5) is 0 Å². The summed E-state index contributed by atoms with van der Waals surface area (Å²) in [4.78, 5) is 23.2. The van der Waals surface area contributed by atoms with Crippen LogP contribution in [0.25, 0.3) is 0 Å². The fourth-order valence-corrected chi connectivity index (χ4v) is 3.81. The first kappa shape index (κ1) is 24.2. The molecule has 4 heteroatoms. The predicted octanol–water partition coefficient (Wildman–Crippen LogP) is 4.22. The van der Waals surface area contributed by atoms with E-state index < -0.39 is 11.9 Å². The first-order valence-electron chi connectivity index (χ1n) is 11.1. The number of carboxylic acid groups (broad SMARTS) is 2. The van der Waals surface area contributed by atoms with Crippen LogP contribution in [0.5, 0.6) is 0 Å². The van der Waals surface area contributed by atoms with Gasteiger partial charge < -0.3 is 19.8 Å². The van der Waals surface area contributed by atoms with E-state index in [0.717, 1.165) is 38.5 Å². The van der Waals surface area contributed by atoms with E-state index in [9.17, 15) is 19.8 Å². The molecular formula is C24H36O4-2. The molecule has 0 unspecified atom stereocenters. The van der Waals surface area contributed by atoms with Gasteiger partial charge in [0.2, 0.25) is 0 Å². The molecule has 0 amide bonds. The molecule has 0 radical (unpaired) electrons. The summed E-state index contributed by atoms with van der Waals surface area (Å²) < 4.78 is 0. The van der Waals surface area contributed by atoms with Gasteiger partial charge in [-0.05, 0) is 36.8 Å². The Hall–Kier alpha value is -1.84. The highest BCUT2D eigenvalue weighted by atomic mass is 16.4. The van der Waals surface area contributed by atoms with E-state index in [1.165, 1.54) is 50.7 Å². The van der Waals surface area contributed by atoms with E-state index in [0.29, 0.717) is 24.0 Å². The average molecular weight is 389 g/mol. The summed E-state index contributed by atoms with van der Waals surface area (Å²) in [6.45, 7) is 4.35. The SMILES string of the molecule is CCCCCCCCc1c(C(=O)[O-])ccc(C(=O)[O-])c1CCCCCCCC. The number of aromatic carboxylic acids is 2. The quantitative estimate of drug-likeness (QED) is 0.397. The molecule has 1 aromatic carbocycles. The molecule has 0 aliphatic carbocycles. The second-order valence-electron chi connectivity index (χ2n) is 7.73. The van der Waals surface area contributed by atoms with Gasteiger partial charge in [0, 0.05) is 11.1 Å². The lowest BCUT2D eigenvalue weighted by molar-refractivity contribution is -0.256. The van der Waals surface area contributed by atoms with Crippen LogP contribution in [-0.4, -0.2) is 11.9 Å². The van der Waals surface area contributed by atoms with Crippen molar-refractivity contribution in [3.05, 3.63) is 34.4 Å². The minimum absolute atomic E-state index is 0.138. The average Bonchev–Trinajstić information content (AvgIpc) is 2.67. The summed E-state index contributed by atoms with van der Waals surface area (Å²) >= 11 is 0. The van der Waals surface area contributed by atoms with Crippen molar-refractivity contribution in [1.29, 1.82) is 0 Å². The molecule has 0 aromatic heterocycles. The zero-order valence-electron chi connectivity index (χ0n) is 17.7. The van der Waals surface area contributed by atoms with Crippen molar-refractivity contribution in [3.8, 4) is 0 Å². The highest BCUT2D eigenvalue weighted by molar-refractivity contribution is 5.93. The first-order chi connectivity index (χ1) is 13.5. The summed E-state index contributed by atoms with van der Waals surface area (Å²) in [5, 5.41) is 23.2. The smallest absolute Gasteiger partial charge is 0.0718 e. The molecule has 0 aliphatic rings. The molecule has 28 heavy (non-hydrogen) atoms. The van der Waals surface area contributed by atoms with Crippen molar-refractivity contribution >= 4 is 11.9 Å². The van der Waals surface area contributed by atoms with Crippen molar-refractivity contribution in [1.82, 2.24) is 0 Å². The van der Waals surface area contributed by atoms with Gasteiger partial charge in [-0.3, -0.25) is 0 Å². The van der Waals surface area contributed by atoms with Gasteiger partial charge in [0.1, 0.15) is 0 Å². The Labute approximate surface area is 170 Å². The van der Waals surface area contributed by atoms with Crippen molar-refractivity contribution < 1.29 is 19.8 Å². The van der Waals surface area contributed by atoms with E-state index in [-0.39, 0.29) is 11.1 Å². The van der Waals surface area contributed by atoms with Gasteiger partial charge in [-0.1, -0.05) is 90.2 Å². The topological polar surface area (TPSA) is 80.3 Å². The Bertz CT molecular complexity index is 554. The number of hydrogen-bond donors (Lipinski definition) is 0. The largest absolute Gasteiger partial charge is 0.545 e. The monoisotopic (exact) mass is 388 g/mol. The van der Waals surface area contributed by atoms with Crippen LogP contribution in [-0.2, 0) is 12.8 Å². The summed E-state index contributed by atoms with van der Waals surface area (Å²) in [5.41, 5.74) is 1.57. The second-order valence-corrected chi connectivity index (χ2v) is 7.73. The number of unbranched alkanes of at least 4 members (excludes halogenated alkanes) is 10. The van der Waals surface area contributed by atoms with Crippen LogP contribution in [0.1, 0.15) is 123 Å². The third-order valence-corrected chi connectivity index (χ3v) is 5.43. The zero-order valence-corrected chi connectivity index (χ0v) is 17.7. The van der Waals surface area contributed by atoms with E-state index in [1.807, 2.05) is 0 Å². The summed E-state index contributed by atoms with van der Waals surface area (Å²) in [6, 6.07) is 2.75. The number of carbonyl (C=O) groups is 2. The molecule has 0 heterocycles. The third-order valence-electron chi connectivity index (χ3n) is 5.43. The summed E-state index contributed by atoms with van der Waals surface area (Å²) in [6.07, 6.45) is 14.4. The lowest BCUT2D eigenvalue weighted by Crippen LogP contribution is -2.28. The third kappa shape index (κ3) is 8.45. The highest BCUT2D eigenvalue weighted by Gasteiger charge is 2.14. The molecule has 0 saturated heterocycles. The van der Waals surface area contributed by atoms with Gasteiger partial charge in [0.25, 0.3) is 0 Å². The maximum absolute atomic E-state index is 11.6. The fourth-order valence-electron chi connectivity index (χ4n) is 3.81. The molecule has 1 rings (SSSR count). The maximum Gasteiger partial charge on any atom is 0.0718 e. The Kier molecular flexibility index (Phi) is 12.3. The van der Waals surface area contributed by atoms with Crippen molar-refractivity contribution in [2.24, 2.45) is 0 Å². The van der Waals surface area contributed by atoms with Crippen LogP contribution >= 0.6 is 0 Å². The summed E-state index contributed by atoms with van der Waals surface area (Å²) in [5.74, 6) is -2.45. The van der Waals surface area contributed by atoms with Crippen LogP contribution in [0.15, 0.2) is 12.1 Å². The standard InChI is InChI=1S/C24H38O4/c1-3-5-7-9-11-13-15-19-20(16-14-12-10-8-6-4-2)22(24(27)28)18-17-21(19)23(25)26/h17-18H,3-16H2,1-2H3,(H,25,26)(H,27,28)/p-2. The van der Waals surface area contributed by atoms with E-state index >= 15 is 0 Å². The predicted molar refractivity (Wildman–Crippen MR) is 109 cm³/mol. The molecule has 0 saturated carbocycles. The Morgan fingerprint density at radius 3 is 1.25 bits per heavy atom. The fraction of sp³-hybridized carbons (Fsp3) is 0.667. The van der Waals surface area contributed by atoms with Gasteiger partial charge in [0.15, 0.2) is 0 Å².